The van der Waals surface area contributed by atoms with Gasteiger partial charge in [0, 0.05) is 6.61 Å². The molecule has 6 heteroatoms. The number of benzene rings is 1. The van der Waals surface area contributed by atoms with E-state index in [1.165, 1.54) is 0 Å². The lowest BCUT2D eigenvalue weighted by molar-refractivity contribution is 0.0715. The maximum Gasteiger partial charge on any atom is 0.199 e. The molecule has 0 spiro atoms. The van der Waals surface area contributed by atoms with Crippen molar-refractivity contribution >= 4 is 14.1 Å². The molecule has 0 radical (unpaired) electrons. The van der Waals surface area contributed by atoms with Crippen LogP contribution >= 0.6 is 0 Å². The molecule has 0 saturated carbocycles. The van der Waals surface area contributed by atoms with Gasteiger partial charge in [-0.15, -0.1) is 0 Å². The molecule has 5 nitrogen and oxygen atoms in total. The first-order chi connectivity index (χ1) is 12.4. The lowest BCUT2D eigenvalue weighted by Gasteiger charge is -2.38. The summed E-state index contributed by atoms with van der Waals surface area (Å²) in [7, 11) is -0.262. The molecule has 0 aromatic heterocycles. The van der Waals surface area contributed by atoms with E-state index in [9.17, 15) is 9.90 Å². The van der Waals surface area contributed by atoms with Crippen molar-refractivity contribution in [2.45, 2.75) is 64.3 Å². The lowest BCUT2D eigenvalue weighted by atomic mass is 9.83. The van der Waals surface area contributed by atoms with Gasteiger partial charge in [-0.2, -0.15) is 0 Å². The maximum atomic E-state index is 12.9. The van der Waals surface area contributed by atoms with E-state index in [2.05, 4.69) is 33.9 Å². The van der Waals surface area contributed by atoms with Crippen molar-refractivity contribution in [2.75, 3.05) is 13.7 Å². The van der Waals surface area contributed by atoms with Gasteiger partial charge in [0.2, 0.25) is 0 Å². The molecule has 0 fully saturated rings. The highest BCUT2D eigenvalue weighted by Crippen LogP contribution is 2.41. The summed E-state index contributed by atoms with van der Waals surface area (Å²) in [6, 6.07) is 5.15. The summed E-state index contributed by atoms with van der Waals surface area (Å²) in [6.07, 6.45) is 2.18. The van der Waals surface area contributed by atoms with Gasteiger partial charge >= 0.3 is 0 Å². The molecule has 1 aliphatic rings. The van der Waals surface area contributed by atoms with Crippen LogP contribution < -0.4 is 9.47 Å². The van der Waals surface area contributed by atoms with Crippen LogP contribution in [0.3, 0.4) is 0 Å². The smallest absolute Gasteiger partial charge is 0.199 e. The van der Waals surface area contributed by atoms with Gasteiger partial charge in [0.15, 0.2) is 14.1 Å². The number of methoxy groups -OCH3 is 1. The van der Waals surface area contributed by atoms with Crippen LogP contribution in [0.1, 0.15) is 50.9 Å². The van der Waals surface area contributed by atoms with Gasteiger partial charge in [0.05, 0.1) is 24.5 Å². The average molecular weight is 393 g/mol. The second-order valence-electron chi connectivity index (χ2n) is 8.78. The number of ketones is 1. The maximum absolute atomic E-state index is 12.9. The molecule has 1 atom stereocenters. The lowest BCUT2D eigenvalue weighted by Crippen LogP contribution is -2.43. The molecule has 0 amide bonds. The average Bonchev–Trinajstić information content (AvgIpc) is 2.58. The molecule has 2 rings (SSSR count). The number of aliphatic hydroxyl groups excluding tert-OH is 1. The SMILES string of the molecule is COc1ccc2c(c1)C(=O)C(=CO)C(C)(CCCO[Si](C)(C)C(C)(C)C)O2. The number of ether oxygens (including phenoxy) is 2. The first kappa shape index (κ1) is 21.5. The van der Waals surface area contributed by atoms with Gasteiger partial charge in [-0.3, -0.25) is 4.79 Å². The van der Waals surface area contributed by atoms with Crippen LogP contribution in [0, 0.1) is 0 Å². The van der Waals surface area contributed by atoms with Crippen molar-refractivity contribution in [1.29, 1.82) is 0 Å². The summed E-state index contributed by atoms with van der Waals surface area (Å²) in [4.78, 5) is 12.9. The third-order valence-electron chi connectivity index (χ3n) is 5.78. The minimum atomic E-state index is -1.81. The van der Waals surface area contributed by atoms with Crippen LogP contribution in [0.4, 0.5) is 0 Å². The van der Waals surface area contributed by atoms with Crippen molar-refractivity contribution in [3.8, 4) is 11.5 Å². The van der Waals surface area contributed by atoms with Crippen molar-refractivity contribution in [3.05, 3.63) is 35.6 Å². The molecule has 1 N–H and O–H groups in total. The van der Waals surface area contributed by atoms with Crippen molar-refractivity contribution in [3.63, 3.8) is 0 Å². The van der Waals surface area contributed by atoms with E-state index in [-0.39, 0.29) is 16.4 Å². The Hall–Kier alpha value is -1.79. The zero-order chi connectivity index (χ0) is 20.5. The Bertz CT molecular complexity index is 733. The van der Waals surface area contributed by atoms with E-state index < -0.39 is 13.9 Å². The van der Waals surface area contributed by atoms with E-state index in [1.54, 1.807) is 25.3 Å². The number of hydrogen-bond acceptors (Lipinski definition) is 5. The number of aliphatic hydroxyl groups is 1. The van der Waals surface area contributed by atoms with Crippen molar-refractivity contribution < 1.29 is 23.8 Å². The molecule has 1 heterocycles. The summed E-state index contributed by atoms with van der Waals surface area (Å²) in [5.41, 5.74) is -0.218. The number of fused-ring (bicyclic) bond motifs is 1. The largest absolute Gasteiger partial charge is 0.515 e. The molecule has 0 saturated heterocycles. The highest BCUT2D eigenvalue weighted by Gasteiger charge is 2.42. The minimum Gasteiger partial charge on any atom is -0.515 e. The molecule has 1 unspecified atom stereocenters. The Balaban J connectivity index is 2.13. The fourth-order valence-electron chi connectivity index (χ4n) is 2.92. The van der Waals surface area contributed by atoms with Crippen LogP contribution in [0.15, 0.2) is 30.0 Å². The second kappa shape index (κ2) is 7.68. The zero-order valence-electron chi connectivity index (χ0n) is 17.5. The first-order valence-electron chi connectivity index (χ1n) is 9.36. The number of rotatable bonds is 6. The Morgan fingerprint density at radius 1 is 1.30 bits per heavy atom. The Morgan fingerprint density at radius 3 is 2.52 bits per heavy atom. The normalized spacial score (nSPS) is 21.7. The molecule has 1 aliphatic heterocycles. The van der Waals surface area contributed by atoms with Gasteiger partial charge in [0.25, 0.3) is 0 Å². The zero-order valence-corrected chi connectivity index (χ0v) is 18.5. The molecular weight excluding hydrogens is 360 g/mol. The summed E-state index contributed by atoms with van der Waals surface area (Å²) in [6.45, 7) is 13.5. The predicted octanol–water partition coefficient (Wildman–Crippen LogP) is 5.27. The number of carbonyl (C=O) groups excluding carboxylic acids is 1. The van der Waals surface area contributed by atoms with Gasteiger partial charge < -0.3 is 19.0 Å². The minimum absolute atomic E-state index is 0.155. The second-order valence-corrected chi connectivity index (χ2v) is 13.6. The van der Waals surface area contributed by atoms with Crippen molar-refractivity contribution in [2.24, 2.45) is 0 Å². The third kappa shape index (κ3) is 4.38. The van der Waals surface area contributed by atoms with Crippen LogP contribution in [-0.2, 0) is 4.43 Å². The van der Waals surface area contributed by atoms with E-state index in [0.29, 0.717) is 30.1 Å². The van der Waals surface area contributed by atoms with E-state index in [1.807, 2.05) is 6.92 Å². The molecule has 27 heavy (non-hydrogen) atoms. The molecule has 1 aromatic carbocycles. The third-order valence-corrected chi connectivity index (χ3v) is 10.3. The molecule has 150 valence electrons. The van der Waals surface area contributed by atoms with E-state index >= 15 is 0 Å². The number of hydrogen-bond donors (Lipinski definition) is 1. The summed E-state index contributed by atoms with van der Waals surface area (Å²) in [5.74, 6) is 0.860. The highest BCUT2D eigenvalue weighted by molar-refractivity contribution is 6.74. The van der Waals surface area contributed by atoms with Crippen LogP contribution in [0.2, 0.25) is 18.1 Å². The fraction of sp³-hybridized carbons (Fsp3) is 0.571. The molecule has 0 aliphatic carbocycles. The quantitative estimate of drug-likeness (QED) is 0.309. The first-order valence-corrected chi connectivity index (χ1v) is 12.3. The van der Waals surface area contributed by atoms with E-state index in [0.717, 1.165) is 12.7 Å². The topological polar surface area (TPSA) is 65.0 Å². The van der Waals surface area contributed by atoms with Gasteiger partial charge in [-0.25, -0.2) is 0 Å². The number of Topliss-reactive ketones (excluding diaryl/α,β-unsaturated/α-hetero) is 1. The van der Waals surface area contributed by atoms with Gasteiger partial charge in [-0.1, -0.05) is 20.8 Å². The van der Waals surface area contributed by atoms with E-state index in [4.69, 9.17) is 13.9 Å². The van der Waals surface area contributed by atoms with Gasteiger partial charge in [0.1, 0.15) is 17.1 Å². The molecular formula is C21H32O5Si. The van der Waals surface area contributed by atoms with Gasteiger partial charge in [-0.05, 0) is 56.1 Å². The standard InChI is InChI=1S/C21H32O5Si/c1-20(2,3)27(6,7)25-12-8-11-21(4)17(14-22)19(23)16-13-15(24-5)9-10-18(16)26-21/h9-10,13-14,22H,8,11-12H2,1-7H3. The Kier molecular flexibility index (Phi) is 6.12. The molecule has 0 bridgehead atoms. The summed E-state index contributed by atoms with van der Waals surface area (Å²) < 4.78 is 17.6. The Morgan fingerprint density at radius 2 is 1.96 bits per heavy atom. The summed E-state index contributed by atoms with van der Waals surface area (Å²) >= 11 is 0. The Labute approximate surface area is 163 Å². The summed E-state index contributed by atoms with van der Waals surface area (Å²) in [5, 5.41) is 9.88. The predicted molar refractivity (Wildman–Crippen MR) is 109 cm³/mol. The van der Waals surface area contributed by atoms with Crippen LogP contribution in [0.25, 0.3) is 0 Å². The fourth-order valence-corrected chi connectivity index (χ4v) is 4.01. The van der Waals surface area contributed by atoms with Crippen LogP contribution in [-0.4, -0.2) is 38.5 Å². The molecule has 1 aromatic rings. The monoisotopic (exact) mass is 392 g/mol. The highest BCUT2D eigenvalue weighted by atomic mass is 28.4. The number of carbonyl (C=O) groups is 1. The van der Waals surface area contributed by atoms with Crippen molar-refractivity contribution in [1.82, 2.24) is 0 Å². The van der Waals surface area contributed by atoms with Crippen LogP contribution in [0.5, 0.6) is 11.5 Å².